The molecule has 3 aromatic rings. The van der Waals surface area contributed by atoms with Gasteiger partial charge in [-0.05, 0) is 54.5 Å². The summed E-state index contributed by atoms with van der Waals surface area (Å²) in [5, 5.41) is 17.7. The predicted molar refractivity (Wildman–Crippen MR) is 93.9 cm³/mol. The molecule has 0 saturated carbocycles. The van der Waals surface area contributed by atoms with Crippen molar-refractivity contribution in [2.45, 2.75) is 19.4 Å². The molecule has 0 fully saturated rings. The number of fused-ring (bicyclic) bond motifs is 1. The summed E-state index contributed by atoms with van der Waals surface area (Å²) < 4.78 is 14.3. The molecule has 0 aliphatic rings. The van der Waals surface area contributed by atoms with E-state index >= 15 is 0 Å². The first-order valence-corrected chi connectivity index (χ1v) is 9.53. The maximum Gasteiger partial charge on any atom is 0.262 e. The number of H-pyrrole nitrogens is 1. The van der Waals surface area contributed by atoms with Crippen molar-refractivity contribution in [3.63, 3.8) is 0 Å². The van der Waals surface area contributed by atoms with E-state index in [1.54, 1.807) is 17.8 Å². The molecule has 0 aliphatic heterocycles. The minimum Gasteiger partial charge on any atom is -0.341 e. The largest absolute Gasteiger partial charge is 0.341 e. The standard InChI is InChI=1S/C15H16FN5OS2/c1-8-10-7-9(16)3-4-12(10)24-13(8)15(22)17-11(5-6-23-2)14-18-20-21-19-14/h3-4,7,11H,5-6H2,1-2H3,(H,17,22)(H,18,19,20,21)/t11-/m0/s1. The monoisotopic (exact) mass is 365 g/mol. The smallest absolute Gasteiger partial charge is 0.262 e. The summed E-state index contributed by atoms with van der Waals surface area (Å²) in [6.07, 6.45) is 2.70. The molecule has 2 aromatic heterocycles. The number of aromatic nitrogens is 4. The normalized spacial score (nSPS) is 12.5. The Balaban J connectivity index is 1.86. The predicted octanol–water partition coefficient (Wildman–Crippen LogP) is 3.09. The van der Waals surface area contributed by atoms with E-state index in [1.165, 1.54) is 23.5 Å². The highest BCUT2D eigenvalue weighted by Gasteiger charge is 2.22. The van der Waals surface area contributed by atoms with Crippen LogP contribution in [0.2, 0.25) is 0 Å². The first-order valence-electron chi connectivity index (χ1n) is 7.32. The molecule has 0 bridgehead atoms. The van der Waals surface area contributed by atoms with Crippen LogP contribution in [-0.2, 0) is 0 Å². The van der Waals surface area contributed by atoms with Crippen molar-refractivity contribution in [1.82, 2.24) is 25.9 Å². The summed E-state index contributed by atoms with van der Waals surface area (Å²) in [5.41, 5.74) is 0.781. The zero-order valence-electron chi connectivity index (χ0n) is 13.2. The van der Waals surface area contributed by atoms with E-state index < -0.39 is 0 Å². The van der Waals surface area contributed by atoms with Gasteiger partial charge in [0.1, 0.15) is 5.82 Å². The van der Waals surface area contributed by atoms with Gasteiger partial charge in [0.2, 0.25) is 0 Å². The van der Waals surface area contributed by atoms with E-state index in [1.807, 2.05) is 13.2 Å². The van der Waals surface area contributed by atoms with Crippen LogP contribution in [0.15, 0.2) is 18.2 Å². The van der Waals surface area contributed by atoms with Gasteiger partial charge in [0.05, 0.1) is 10.9 Å². The molecule has 9 heteroatoms. The molecule has 126 valence electrons. The lowest BCUT2D eigenvalue weighted by atomic mass is 10.1. The van der Waals surface area contributed by atoms with E-state index in [0.29, 0.717) is 17.1 Å². The fraction of sp³-hybridized carbons (Fsp3) is 0.333. The van der Waals surface area contributed by atoms with Crippen LogP contribution in [0.25, 0.3) is 10.1 Å². The van der Waals surface area contributed by atoms with Crippen LogP contribution in [0.5, 0.6) is 0 Å². The number of halogens is 1. The average Bonchev–Trinajstić information content (AvgIpc) is 3.20. The Morgan fingerprint density at radius 3 is 3.04 bits per heavy atom. The van der Waals surface area contributed by atoms with Crippen molar-refractivity contribution in [2.24, 2.45) is 0 Å². The number of carbonyl (C=O) groups excluding carboxylic acids is 1. The Morgan fingerprint density at radius 1 is 1.50 bits per heavy atom. The Bertz CT molecular complexity index is 849. The van der Waals surface area contributed by atoms with Crippen molar-refractivity contribution in [2.75, 3.05) is 12.0 Å². The van der Waals surface area contributed by atoms with Gasteiger partial charge >= 0.3 is 0 Å². The van der Waals surface area contributed by atoms with Gasteiger partial charge < -0.3 is 5.32 Å². The molecule has 0 spiro atoms. The fourth-order valence-corrected chi connectivity index (χ4v) is 4.02. The van der Waals surface area contributed by atoms with Gasteiger partial charge in [0.25, 0.3) is 5.91 Å². The van der Waals surface area contributed by atoms with Gasteiger partial charge in [-0.25, -0.2) is 4.39 Å². The van der Waals surface area contributed by atoms with E-state index in [4.69, 9.17) is 0 Å². The summed E-state index contributed by atoms with van der Waals surface area (Å²) in [6.45, 7) is 1.83. The second-order valence-corrected chi connectivity index (χ2v) is 7.31. The number of carbonyl (C=O) groups is 1. The molecule has 0 saturated heterocycles. The summed E-state index contributed by atoms with van der Waals surface area (Å²) in [7, 11) is 0. The molecular formula is C15H16FN5OS2. The lowest BCUT2D eigenvalue weighted by Gasteiger charge is -2.14. The topological polar surface area (TPSA) is 83.6 Å². The summed E-state index contributed by atoms with van der Waals surface area (Å²) in [4.78, 5) is 13.3. The first-order chi connectivity index (χ1) is 11.6. The number of tetrazole rings is 1. The quantitative estimate of drug-likeness (QED) is 0.701. The number of hydrogen-bond acceptors (Lipinski definition) is 6. The minimum atomic E-state index is -0.315. The number of amides is 1. The zero-order chi connectivity index (χ0) is 17.1. The molecule has 6 nitrogen and oxygen atoms in total. The average molecular weight is 365 g/mol. The number of thioether (sulfide) groups is 1. The van der Waals surface area contributed by atoms with Gasteiger partial charge in [-0.15, -0.1) is 21.5 Å². The number of hydrogen-bond donors (Lipinski definition) is 2. The number of rotatable bonds is 6. The van der Waals surface area contributed by atoms with Crippen LogP contribution in [0.3, 0.4) is 0 Å². The Labute approximate surface area is 146 Å². The Kier molecular flexibility index (Phi) is 5.10. The highest BCUT2D eigenvalue weighted by Crippen LogP contribution is 2.31. The number of benzene rings is 1. The second kappa shape index (κ2) is 7.27. The number of nitrogens with one attached hydrogen (secondary N) is 2. The molecule has 1 atom stereocenters. The molecule has 3 rings (SSSR count). The Hall–Kier alpha value is -2.00. The number of thiophene rings is 1. The molecule has 1 aromatic carbocycles. The van der Waals surface area contributed by atoms with Crippen LogP contribution < -0.4 is 5.32 Å². The van der Waals surface area contributed by atoms with Gasteiger partial charge in [0.15, 0.2) is 5.82 Å². The fourth-order valence-electron chi connectivity index (χ4n) is 2.45. The number of aryl methyl sites for hydroxylation is 1. The van der Waals surface area contributed by atoms with Crippen molar-refractivity contribution in [3.05, 3.63) is 40.3 Å². The van der Waals surface area contributed by atoms with E-state index in [0.717, 1.165) is 21.4 Å². The van der Waals surface area contributed by atoms with Crippen molar-refractivity contribution in [1.29, 1.82) is 0 Å². The third-order valence-corrected chi connectivity index (χ3v) is 5.61. The van der Waals surface area contributed by atoms with Crippen LogP contribution in [0.1, 0.15) is 33.5 Å². The number of aromatic amines is 1. The number of nitrogens with zero attached hydrogens (tertiary/aromatic N) is 3. The van der Waals surface area contributed by atoms with Gasteiger partial charge in [-0.2, -0.15) is 17.0 Å². The second-order valence-electron chi connectivity index (χ2n) is 5.27. The maximum atomic E-state index is 13.4. The van der Waals surface area contributed by atoms with Gasteiger partial charge in [0, 0.05) is 4.70 Å². The third-order valence-electron chi connectivity index (χ3n) is 3.69. The molecule has 0 aliphatic carbocycles. The molecule has 0 unspecified atom stereocenters. The van der Waals surface area contributed by atoms with Crippen molar-refractivity contribution in [3.8, 4) is 0 Å². The molecular weight excluding hydrogens is 349 g/mol. The SMILES string of the molecule is CSCC[C@H](NC(=O)c1sc2ccc(F)cc2c1C)c1nn[nH]n1. The molecule has 0 radical (unpaired) electrons. The van der Waals surface area contributed by atoms with E-state index in [-0.39, 0.29) is 17.8 Å². The highest BCUT2D eigenvalue weighted by atomic mass is 32.2. The van der Waals surface area contributed by atoms with E-state index in [2.05, 4.69) is 25.9 Å². The summed E-state index contributed by atoms with van der Waals surface area (Å²) in [5.74, 6) is 0.808. The van der Waals surface area contributed by atoms with Gasteiger partial charge in [-0.3, -0.25) is 4.79 Å². The van der Waals surface area contributed by atoms with Crippen LogP contribution in [0, 0.1) is 12.7 Å². The van der Waals surface area contributed by atoms with Crippen LogP contribution in [-0.4, -0.2) is 38.5 Å². The molecule has 2 heterocycles. The van der Waals surface area contributed by atoms with Crippen molar-refractivity contribution >= 4 is 39.1 Å². The van der Waals surface area contributed by atoms with Crippen LogP contribution in [0.4, 0.5) is 4.39 Å². The molecule has 2 N–H and O–H groups in total. The lowest BCUT2D eigenvalue weighted by molar-refractivity contribution is 0.0937. The van der Waals surface area contributed by atoms with Crippen molar-refractivity contribution < 1.29 is 9.18 Å². The highest BCUT2D eigenvalue weighted by molar-refractivity contribution is 7.98. The summed E-state index contributed by atoms with van der Waals surface area (Å²) in [6, 6.07) is 4.25. The van der Waals surface area contributed by atoms with E-state index in [9.17, 15) is 9.18 Å². The summed E-state index contributed by atoms with van der Waals surface area (Å²) >= 11 is 3.04. The molecule has 1 amide bonds. The maximum absolute atomic E-state index is 13.4. The lowest BCUT2D eigenvalue weighted by Crippen LogP contribution is -2.29. The molecule has 24 heavy (non-hydrogen) atoms. The third kappa shape index (κ3) is 3.41. The first kappa shape index (κ1) is 16.8. The zero-order valence-corrected chi connectivity index (χ0v) is 14.8. The van der Waals surface area contributed by atoms with Gasteiger partial charge in [-0.1, -0.05) is 5.21 Å². The van der Waals surface area contributed by atoms with Crippen LogP contribution >= 0.6 is 23.1 Å². The minimum absolute atomic E-state index is 0.204. The Morgan fingerprint density at radius 2 is 2.33 bits per heavy atom.